The van der Waals surface area contributed by atoms with Gasteiger partial charge >= 0.3 is 19.8 Å². The molecule has 0 aliphatic carbocycles. The van der Waals surface area contributed by atoms with Crippen LogP contribution in [-0.2, 0) is 32.7 Å². The molecule has 2 atom stereocenters. The number of phosphoric ester groups is 1. The Hall–Kier alpha value is -1.51. The SMILES string of the molecule is CCCCCCC/C=C\C/C=C\CCCCCCCCCCCCCCCC(=O)OC(COC(=O)CCCCCCCCCCCCCCCCCCCCCCCC)COP(=O)(O)OCCN. The molecule has 0 rings (SSSR count). The quantitative estimate of drug-likeness (QED) is 0.0264. The number of hydrogen-bond donors (Lipinski definition) is 2. The van der Waals surface area contributed by atoms with E-state index in [2.05, 4.69) is 38.2 Å². The molecule has 0 spiro atoms. The summed E-state index contributed by atoms with van der Waals surface area (Å²) in [6, 6.07) is 0. The third kappa shape index (κ3) is 53.8. The lowest BCUT2D eigenvalue weighted by atomic mass is 10.0. The summed E-state index contributed by atoms with van der Waals surface area (Å²) in [6.45, 7) is 3.79. The van der Waals surface area contributed by atoms with Crippen molar-refractivity contribution in [2.45, 2.75) is 309 Å². The average Bonchev–Trinajstić information content (AvgIpc) is 3.33. The van der Waals surface area contributed by atoms with Gasteiger partial charge in [0.1, 0.15) is 6.61 Å². The molecule has 0 saturated heterocycles. The van der Waals surface area contributed by atoms with Gasteiger partial charge in [0.05, 0.1) is 13.2 Å². The van der Waals surface area contributed by atoms with Gasteiger partial charge in [0, 0.05) is 19.4 Å². The van der Waals surface area contributed by atoms with Gasteiger partial charge in [0.2, 0.25) is 0 Å². The van der Waals surface area contributed by atoms with Crippen LogP contribution >= 0.6 is 7.82 Å². The Kier molecular flexibility index (Phi) is 53.6. The monoisotopic (exact) mass is 982 g/mol. The number of unbranched alkanes of at least 4 members (excludes halogenated alkanes) is 39. The van der Waals surface area contributed by atoms with Gasteiger partial charge in [-0.05, 0) is 44.9 Å². The fourth-order valence-corrected chi connectivity index (χ4v) is 9.49. The molecule has 0 radical (unpaired) electrons. The zero-order valence-corrected chi connectivity index (χ0v) is 45.8. The first kappa shape index (κ1) is 66.5. The van der Waals surface area contributed by atoms with Crippen LogP contribution in [-0.4, -0.2) is 49.3 Å². The fraction of sp³-hybridized carbons (Fsp3) is 0.897. The summed E-state index contributed by atoms with van der Waals surface area (Å²) in [5, 5.41) is 0. The summed E-state index contributed by atoms with van der Waals surface area (Å²) in [4.78, 5) is 35.2. The van der Waals surface area contributed by atoms with Crippen molar-refractivity contribution in [1.29, 1.82) is 0 Å². The van der Waals surface area contributed by atoms with Crippen LogP contribution in [0.3, 0.4) is 0 Å². The Morgan fingerprint density at radius 1 is 0.441 bits per heavy atom. The molecule has 0 fully saturated rings. The Balaban J connectivity index is 3.93. The van der Waals surface area contributed by atoms with E-state index in [0.717, 1.165) is 44.9 Å². The summed E-state index contributed by atoms with van der Waals surface area (Å²) in [6.07, 6.45) is 63.7. The number of carbonyl (C=O) groups is 2. The van der Waals surface area contributed by atoms with Crippen molar-refractivity contribution in [1.82, 2.24) is 0 Å². The van der Waals surface area contributed by atoms with E-state index in [4.69, 9.17) is 24.3 Å². The predicted molar refractivity (Wildman–Crippen MR) is 289 cm³/mol. The van der Waals surface area contributed by atoms with Gasteiger partial charge in [0.15, 0.2) is 6.10 Å². The van der Waals surface area contributed by atoms with E-state index >= 15 is 0 Å². The molecule has 0 aliphatic heterocycles. The molecule has 9 nitrogen and oxygen atoms in total. The number of esters is 2. The molecule has 10 heteroatoms. The van der Waals surface area contributed by atoms with Gasteiger partial charge in [-0.2, -0.15) is 0 Å². The Morgan fingerprint density at radius 2 is 0.765 bits per heavy atom. The Labute approximate surface area is 421 Å². The summed E-state index contributed by atoms with van der Waals surface area (Å²) < 4.78 is 33.1. The van der Waals surface area contributed by atoms with Gasteiger partial charge in [-0.3, -0.25) is 18.6 Å². The highest BCUT2D eigenvalue weighted by Gasteiger charge is 2.26. The molecule has 0 aromatic heterocycles. The first-order chi connectivity index (χ1) is 33.3. The third-order valence-electron chi connectivity index (χ3n) is 13.1. The second kappa shape index (κ2) is 54.8. The smallest absolute Gasteiger partial charge is 0.462 e. The molecule has 0 bridgehead atoms. The normalized spacial score (nSPS) is 13.2. The number of hydrogen-bond acceptors (Lipinski definition) is 8. The van der Waals surface area contributed by atoms with Crippen molar-refractivity contribution in [3.63, 3.8) is 0 Å². The first-order valence-corrected chi connectivity index (χ1v) is 30.8. The second-order valence-corrected chi connectivity index (χ2v) is 21.3. The highest BCUT2D eigenvalue weighted by Crippen LogP contribution is 2.43. The lowest BCUT2D eigenvalue weighted by Gasteiger charge is -2.19. The molecule has 68 heavy (non-hydrogen) atoms. The molecule has 0 amide bonds. The van der Waals surface area contributed by atoms with E-state index in [9.17, 15) is 19.0 Å². The van der Waals surface area contributed by atoms with E-state index in [1.165, 1.54) is 225 Å². The minimum Gasteiger partial charge on any atom is -0.462 e. The third-order valence-corrected chi connectivity index (χ3v) is 14.1. The number of allylic oxidation sites excluding steroid dienone is 4. The molecular formula is C58H112NO8P. The van der Waals surface area contributed by atoms with Crippen LogP contribution in [0.25, 0.3) is 0 Å². The maximum atomic E-state index is 12.7. The molecule has 2 unspecified atom stereocenters. The summed E-state index contributed by atoms with van der Waals surface area (Å²) in [5.74, 6) is -0.810. The van der Waals surface area contributed by atoms with Crippen LogP contribution in [0.1, 0.15) is 303 Å². The average molecular weight is 983 g/mol. The molecule has 0 aliphatic rings. The van der Waals surface area contributed by atoms with Gasteiger partial charge in [-0.25, -0.2) is 4.57 Å². The first-order valence-electron chi connectivity index (χ1n) is 29.3. The van der Waals surface area contributed by atoms with Gasteiger partial charge in [-0.1, -0.05) is 269 Å². The molecule has 0 heterocycles. The maximum absolute atomic E-state index is 12.7. The van der Waals surface area contributed by atoms with Crippen LogP contribution in [0.15, 0.2) is 24.3 Å². The molecule has 0 aromatic rings. The standard InChI is InChI=1S/C58H112NO8P/c1-3-5-7-9-11-13-15-17-19-21-23-25-27-28-29-31-33-35-37-39-41-43-45-47-49-51-58(61)67-56(55-66-68(62,63)65-53-52-59)54-64-57(60)50-48-46-44-42-40-38-36-34-32-30-26-24-22-20-18-16-14-12-10-8-6-4-2/h15,17,21,23,56H,3-14,16,18-20,22,24-55,59H2,1-2H3,(H,62,63)/b17-15-,23-21-. The van der Waals surface area contributed by atoms with E-state index in [1.54, 1.807) is 0 Å². The lowest BCUT2D eigenvalue weighted by Crippen LogP contribution is -2.29. The van der Waals surface area contributed by atoms with Crippen LogP contribution < -0.4 is 5.73 Å². The van der Waals surface area contributed by atoms with Crippen LogP contribution in [0.5, 0.6) is 0 Å². The number of ether oxygens (including phenoxy) is 2. The van der Waals surface area contributed by atoms with Crippen molar-refractivity contribution < 1.29 is 37.6 Å². The second-order valence-electron chi connectivity index (χ2n) is 19.9. The van der Waals surface area contributed by atoms with E-state index in [1.807, 2.05) is 0 Å². The Bertz CT molecular complexity index is 1170. The summed E-state index contributed by atoms with van der Waals surface area (Å²) in [7, 11) is -4.38. The zero-order valence-electron chi connectivity index (χ0n) is 44.9. The van der Waals surface area contributed by atoms with Crippen LogP contribution in [0.4, 0.5) is 0 Å². The topological polar surface area (TPSA) is 134 Å². The molecule has 3 N–H and O–H groups in total. The maximum Gasteiger partial charge on any atom is 0.472 e. The zero-order chi connectivity index (χ0) is 49.5. The van der Waals surface area contributed by atoms with Crippen LogP contribution in [0, 0.1) is 0 Å². The van der Waals surface area contributed by atoms with Gasteiger partial charge in [-0.15, -0.1) is 0 Å². The number of carbonyl (C=O) groups excluding carboxylic acids is 2. The van der Waals surface area contributed by atoms with Crippen molar-refractivity contribution in [2.24, 2.45) is 5.73 Å². The highest BCUT2D eigenvalue weighted by molar-refractivity contribution is 7.47. The molecular weight excluding hydrogens is 870 g/mol. The minimum atomic E-state index is -4.38. The van der Waals surface area contributed by atoms with Crippen molar-refractivity contribution in [3.8, 4) is 0 Å². The molecule has 402 valence electrons. The highest BCUT2D eigenvalue weighted by atomic mass is 31.2. The summed E-state index contributed by atoms with van der Waals surface area (Å²) >= 11 is 0. The largest absolute Gasteiger partial charge is 0.472 e. The Morgan fingerprint density at radius 3 is 1.12 bits per heavy atom. The van der Waals surface area contributed by atoms with E-state index in [-0.39, 0.29) is 38.6 Å². The van der Waals surface area contributed by atoms with Gasteiger partial charge < -0.3 is 20.1 Å². The fourth-order valence-electron chi connectivity index (χ4n) is 8.73. The lowest BCUT2D eigenvalue weighted by molar-refractivity contribution is -0.161. The van der Waals surface area contributed by atoms with E-state index < -0.39 is 26.5 Å². The number of phosphoric acid groups is 1. The van der Waals surface area contributed by atoms with Crippen molar-refractivity contribution in [3.05, 3.63) is 24.3 Å². The predicted octanol–water partition coefficient (Wildman–Crippen LogP) is 18.2. The van der Waals surface area contributed by atoms with Crippen LogP contribution in [0.2, 0.25) is 0 Å². The van der Waals surface area contributed by atoms with E-state index in [0.29, 0.717) is 6.42 Å². The number of rotatable bonds is 56. The molecule has 0 saturated carbocycles. The minimum absolute atomic E-state index is 0.0559. The van der Waals surface area contributed by atoms with Gasteiger partial charge in [0.25, 0.3) is 0 Å². The number of nitrogens with two attached hydrogens (primary N) is 1. The van der Waals surface area contributed by atoms with Crippen molar-refractivity contribution in [2.75, 3.05) is 26.4 Å². The molecule has 0 aromatic carbocycles. The van der Waals surface area contributed by atoms with Crippen molar-refractivity contribution >= 4 is 19.8 Å². The summed E-state index contributed by atoms with van der Waals surface area (Å²) in [5.41, 5.74) is 5.38.